The average Bonchev–Trinajstić information content (AvgIpc) is 2.24. The van der Waals surface area contributed by atoms with E-state index in [0.717, 1.165) is 0 Å². The zero-order chi connectivity index (χ0) is 14.8. The average molecular weight is 282 g/mol. The number of aromatic nitrogens is 1. The number of pyridine rings is 1. The molecule has 1 amide bonds. The number of carbonyl (C=O) groups excluding carboxylic acids is 1. The highest BCUT2D eigenvalue weighted by Crippen LogP contribution is 2.23. The summed E-state index contributed by atoms with van der Waals surface area (Å²) in [4.78, 5) is 17.6. The van der Waals surface area contributed by atoms with Gasteiger partial charge in [-0.3, -0.25) is 0 Å². The summed E-state index contributed by atoms with van der Waals surface area (Å²) in [6, 6.07) is 0. The van der Waals surface area contributed by atoms with E-state index in [0.29, 0.717) is 0 Å². The summed E-state index contributed by atoms with van der Waals surface area (Å²) in [6.45, 7) is 4.58. The Balaban J connectivity index is 2.81. The van der Waals surface area contributed by atoms with E-state index in [9.17, 15) is 22.4 Å². The molecule has 1 aromatic rings. The van der Waals surface area contributed by atoms with Crippen molar-refractivity contribution in [2.75, 3.05) is 0 Å². The topological polar surface area (TPSA) is 60.5 Å². The van der Waals surface area contributed by atoms with Crippen molar-refractivity contribution in [3.05, 3.63) is 23.5 Å². The van der Waals surface area contributed by atoms with Crippen LogP contribution in [0.2, 0.25) is 0 Å². The number of rotatable bonds is 2. The number of amides is 1. The van der Waals surface area contributed by atoms with E-state index in [1.807, 2.05) is 0 Å². The second-order valence-corrected chi connectivity index (χ2v) is 4.36. The summed E-state index contributed by atoms with van der Waals surface area (Å²) in [6.07, 6.45) is -1.19. The van der Waals surface area contributed by atoms with Crippen LogP contribution in [0.4, 0.5) is 22.4 Å². The van der Waals surface area contributed by atoms with Gasteiger partial charge < -0.3 is 9.57 Å². The van der Waals surface area contributed by atoms with Gasteiger partial charge in [0.25, 0.3) is 11.9 Å². The van der Waals surface area contributed by atoms with Gasteiger partial charge in [-0.2, -0.15) is 28.0 Å². The molecule has 1 heterocycles. The number of ether oxygens (including phenoxy) is 1. The molecule has 0 spiro atoms. The summed E-state index contributed by atoms with van der Waals surface area (Å²) >= 11 is 0. The molecule has 0 aromatic carbocycles. The molecule has 5 nitrogen and oxygen atoms in total. The summed E-state index contributed by atoms with van der Waals surface area (Å²) in [7, 11) is 0. The molecular weight excluding hydrogens is 272 g/mol. The van der Waals surface area contributed by atoms with E-state index in [1.54, 1.807) is 0 Å². The van der Waals surface area contributed by atoms with E-state index in [-0.39, 0.29) is 0 Å². The SMILES string of the molecule is CC(C)(C)OC(=O)NOc1c(F)c(F)nc(F)c1F. The predicted octanol–water partition coefficient (Wildman–Crippen LogP) is 2.46. The number of carbonyl (C=O) groups is 1. The third-order valence-corrected chi connectivity index (χ3v) is 1.59. The van der Waals surface area contributed by atoms with Gasteiger partial charge in [0.05, 0.1) is 0 Å². The highest BCUT2D eigenvalue weighted by Gasteiger charge is 2.24. The molecule has 1 aromatic heterocycles. The molecule has 0 unspecified atom stereocenters. The monoisotopic (exact) mass is 282 g/mol. The lowest BCUT2D eigenvalue weighted by Crippen LogP contribution is -2.35. The molecule has 0 saturated heterocycles. The van der Waals surface area contributed by atoms with Crippen LogP contribution in [0.15, 0.2) is 0 Å². The summed E-state index contributed by atoms with van der Waals surface area (Å²) < 4.78 is 56.2. The van der Waals surface area contributed by atoms with Gasteiger partial charge in [-0.1, -0.05) is 0 Å². The minimum Gasteiger partial charge on any atom is -0.442 e. The predicted molar refractivity (Wildman–Crippen MR) is 54.1 cm³/mol. The standard InChI is InChI=1S/C10H10F4N2O3/c1-10(2,3)18-9(17)16-19-6-4(11)7(13)15-8(14)5(6)12/h1-3H3,(H,16,17). The Labute approximate surface area is 105 Å². The van der Waals surface area contributed by atoms with Crippen molar-refractivity contribution in [2.24, 2.45) is 0 Å². The van der Waals surface area contributed by atoms with Crippen LogP contribution in [0.3, 0.4) is 0 Å². The van der Waals surface area contributed by atoms with Crippen LogP contribution < -0.4 is 10.3 Å². The van der Waals surface area contributed by atoms with Crippen molar-refractivity contribution >= 4 is 6.09 Å². The lowest BCUT2D eigenvalue weighted by molar-refractivity contribution is 0.0268. The van der Waals surface area contributed by atoms with Gasteiger partial charge in [-0.15, -0.1) is 0 Å². The first-order valence-electron chi connectivity index (χ1n) is 4.97. The maximum atomic E-state index is 13.1. The second-order valence-electron chi connectivity index (χ2n) is 4.36. The second kappa shape index (κ2) is 5.29. The number of nitrogens with zero attached hydrogens (tertiary/aromatic N) is 1. The highest BCUT2D eigenvalue weighted by atomic mass is 19.2. The fourth-order valence-corrected chi connectivity index (χ4v) is 0.949. The molecule has 0 atom stereocenters. The Morgan fingerprint density at radius 2 is 1.58 bits per heavy atom. The van der Waals surface area contributed by atoms with Gasteiger partial charge in [0.1, 0.15) is 5.60 Å². The van der Waals surface area contributed by atoms with E-state index in [4.69, 9.17) is 0 Å². The van der Waals surface area contributed by atoms with Crippen LogP contribution >= 0.6 is 0 Å². The van der Waals surface area contributed by atoms with Crippen LogP contribution in [-0.2, 0) is 4.74 Å². The molecule has 1 N–H and O–H groups in total. The quantitative estimate of drug-likeness (QED) is 0.514. The smallest absolute Gasteiger partial charge is 0.441 e. The molecule has 19 heavy (non-hydrogen) atoms. The number of hydrogen-bond acceptors (Lipinski definition) is 4. The molecule has 0 bridgehead atoms. The fourth-order valence-electron chi connectivity index (χ4n) is 0.949. The summed E-state index contributed by atoms with van der Waals surface area (Å²) in [5, 5.41) is 0. The molecule has 9 heteroatoms. The first kappa shape index (κ1) is 15.0. The Morgan fingerprint density at radius 3 is 2.00 bits per heavy atom. The van der Waals surface area contributed by atoms with Gasteiger partial charge in [-0.25, -0.2) is 4.79 Å². The maximum Gasteiger partial charge on any atom is 0.441 e. The molecule has 0 saturated carbocycles. The number of halogens is 4. The zero-order valence-corrected chi connectivity index (χ0v) is 10.2. The Bertz CT molecular complexity index is 476. The summed E-state index contributed by atoms with van der Waals surface area (Å²) in [5.41, 5.74) is 0.600. The first-order valence-corrected chi connectivity index (χ1v) is 4.97. The Kier molecular flexibility index (Phi) is 4.17. The van der Waals surface area contributed by atoms with Crippen LogP contribution in [-0.4, -0.2) is 16.7 Å². The van der Waals surface area contributed by atoms with Crippen molar-refractivity contribution < 1.29 is 31.9 Å². The number of hydroxylamine groups is 1. The van der Waals surface area contributed by atoms with Crippen molar-refractivity contribution in [3.63, 3.8) is 0 Å². The highest BCUT2D eigenvalue weighted by molar-refractivity contribution is 5.66. The maximum absolute atomic E-state index is 13.1. The molecule has 0 aliphatic carbocycles. The number of nitrogens with one attached hydrogen (secondary N) is 1. The zero-order valence-electron chi connectivity index (χ0n) is 10.2. The minimum absolute atomic E-state index is 0.890. The van der Waals surface area contributed by atoms with Crippen molar-refractivity contribution in [1.82, 2.24) is 10.5 Å². The lowest BCUT2D eigenvalue weighted by Gasteiger charge is -2.19. The van der Waals surface area contributed by atoms with Gasteiger partial charge in [0.15, 0.2) is 0 Å². The molecule has 0 radical (unpaired) electrons. The summed E-state index contributed by atoms with van der Waals surface area (Å²) in [5.74, 6) is -9.03. The fraction of sp³-hybridized carbons (Fsp3) is 0.400. The Hall–Kier alpha value is -2.06. The van der Waals surface area contributed by atoms with Gasteiger partial charge >= 0.3 is 6.09 Å². The van der Waals surface area contributed by atoms with Gasteiger partial charge in [0.2, 0.25) is 17.4 Å². The molecule has 0 aliphatic rings. The van der Waals surface area contributed by atoms with E-state index < -0.39 is 41.0 Å². The van der Waals surface area contributed by atoms with Crippen LogP contribution in [0, 0.1) is 23.5 Å². The molecule has 0 fully saturated rings. The first-order chi connectivity index (χ1) is 8.61. The molecule has 0 aliphatic heterocycles. The Morgan fingerprint density at radius 1 is 1.11 bits per heavy atom. The lowest BCUT2D eigenvalue weighted by atomic mass is 10.2. The van der Waals surface area contributed by atoms with Crippen molar-refractivity contribution in [2.45, 2.75) is 26.4 Å². The third-order valence-electron chi connectivity index (χ3n) is 1.59. The van der Waals surface area contributed by atoms with E-state index in [2.05, 4.69) is 14.6 Å². The third kappa shape index (κ3) is 3.97. The molecule has 106 valence electrons. The van der Waals surface area contributed by atoms with E-state index in [1.165, 1.54) is 26.3 Å². The van der Waals surface area contributed by atoms with Crippen LogP contribution in [0.1, 0.15) is 20.8 Å². The largest absolute Gasteiger partial charge is 0.442 e. The minimum atomic E-state index is -1.90. The molecule has 1 rings (SSSR count). The normalized spacial score (nSPS) is 11.1. The van der Waals surface area contributed by atoms with Gasteiger partial charge in [0, 0.05) is 0 Å². The van der Waals surface area contributed by atoms with E-state index >= 15 is 0 Å². The number of hydrogen-bond donors (Lipinski definition) is 1. The van der Waals surface area contributed by atoms with Crippen molar-refractivity contribution in [1.29, 1.82) is 0 Å². The van der Waals surface area contributed by atoms with Crippen LogP contribution in [0.5, 0.6) is 5.75 Å². The molecular formula is C10H10F4N2O3. The van der Waals surface area contributed by atoms with Crippen molar-refractivity contribution in [3.8, 4) is 5.75 Å². The van der Waals surface area contributed by atoms with Gasteiger partial charge in [-0.05, 0) is 20.8 Å². The van der Waals surface area contributed by atoms with Crippen LogP contribution in [0.25, 0.3) is 0 Å².